The highest BCUT2D eigenvalue weighted by atomic mass is 16.6. The second-order valence-corrected chi connectivity index (χ2v) is 6.63. The lowest BCUT2D eigenvalue weighted by Gasteiger charge is -2.32. The third-order valence-corrected chi connectivity index (χ3v) is 4.66. The number of hydrogen-bond donors (Lipinski definition) is 0. The van der Waals surface area contributed by atoms with Crippen LogP contribution in [-0.4, -0.2) is 49.8 Å². The summed E-state index contributed by atoms with van der Waals surface area (Å²) in [6, 6.07) is 0. The fourth-order valence-electron chi connectivity index (χ4n) is 2.30. The van der Waals surface area contributed by atoms with Gasteiger partial charge in [0.05, 0.1) is 43.7 Å². The molecule has 0 aromatic carbocycles. The molecule has 2 saturated heterocycles. The Morgan fingerprint density at radius 2 is 1.55 bits per heavy atom. The Labute approximate surface area is 123 Å². The fourth-order valence-corrected chi connectivity index (χ4v) is 2.30. The van der Waals surface area contributed by atoms with Gasteiger partial charge in [-0.2, -0.15) is 0 Å². The lowest BCUT2D eigenvalue weighted by Crippen LogP contribution is -2.35. The van der Waals surface area contributed by atoms with Crippen molar-refractivity contribution in [2.45, 2.75) is 76.8 Å². The van der Waals surface area contributed by atoms with Crippen LogP contribution in [0.5, 0.6) is 0 Å². The molecule has 2 aliphatic rings. The Morgan fingerprint density at radius 3 is 2.05 bits per heavy atom. The van der Waals surface area contributed by atoms with Crippen LogP contribution in [0, 0.1) is 0 Å². The van der Waals surface area contributed by atoms with Gasteiger partial charge < -0.3 is 18.9 Å². The van der Waals surface area contributed by atoms with Gasteiger partial charge in [-0.15, -0.1) is 0 Å². The van der Waals surface area contributed by atoms with E-state index in [1.54, 1.807) is 0 Å². The molecule has 4 heteroatoms. The molecule has 2 heterocycles. The zero-order valence-corrected chi connectivity index (χ0v) is 13.4. The SMILES string of the molecule is CCC(C)(CCOC(C)(CC)CC1CO1)OCC1CO1. The largest absolute Gasteiger partial charge is 0.375 e. The van der Waals surface area contributed by atoms with Crippen molar-refractivity contribution in [3.05, 3.63) is 0 Å². The van der Waals surface area contributed by atoms with Crippen molar-refractivity contribution in [2.24, 2.45) is 0 Å². The zero-order chi connectivity index (χ0) is 14.6. The van der Waals surface area contributed by atoms with E-state index in [9.17, 15) is 0 Å². The van der Waals surface area contributed by atoms with Crippen molar-refractivity contribution in [1.29, 1.82) is 0 Å². The Kier molecular flexibility index (Phi) is 5.46. The highest BCUT2D eigenvalue weighted by molar-refractivity contribution is 4.84. The maximum atomic E-state index is 6.16. The van der Waals surface area contributed by atoms with E-state index in [-0.39, 0.29) is 11.2 Å². The Bertz CT molecular complexity index is 301. The monoisotopic (exact) mass is 286 g/mol. The Balaban J connectivity index is 1.70. The molecule has 20 heavy (non-hydrogen) atoms. The van der Waals surface area contributed by atoms with Crippen LogP contribution in [0.1, 0.15) is 53.4 Å². The standard InChI is InChI=1S/C16H30O4/c1-5-15(3,20-12-14-11-18-14)7-8-19-16(4,6-2)9-13-10-17-13/h13-14H,5-12H2,1-4H3. The minimum Gasteiger partial charge on any atom is -0.375 e. The highest BCUT2D eigenvalue weighted by Crippen LogP contribution is 2.30. The number of epoxide rings is 2. The molecule has 0 bridgehead atoms. The summed E-state index contributed by atoms with van der Waals surface area (Å²) in [6.07, 6.45) is 4.69. The van der Waals surface area contributed by atoms with Crippen molar-refractivity contribution < 1.29 is 18.9 Å². The maximum Gasteiger partial charge on any atom is 0.104 e. The van der Waals surface area contributed by atoms with Crippen LogP contribution in [0.2, 0.25) is 0 Å². The average molecular weight is 286 g/mol. The molecule has 2 fully saturated rings. The highest BCUT2D eigenvalue weighted by Gasteiger charge is 2.35. The van der Waals surface area contributed by atoms with Gasteiger partial charge in [0.1, 0.15) is 6.10 Å². The summed E-state index contributed by atoms with van der Waals surface area (Å²) < 4.78 is 22.7. The summed E-state index contributed by atoms with van der Waals surface area (Å²) in [4.78, 5) is 0. The minimum atomic E-state index is -0.101. The molecule has 0 radical (unpaired) electrons. The second-order valence-electron chi connectivity index (χ2n) is 6.63. The molecule has 4 nitrogen and oxygen atoms in total. The van der Waals surface area contributed by atoms with Crippen LogP contribution in [0.15, 0.2) is 0 Å². The lowest BCUT2D eigenvalue weighted by atomic mass is 9.96. The van der Waals surface area contributed by atoms with E-state index in [0.717, 1.165) is 45.5 Å². The van der Waals surface area contributed by atoms with E-state index in [0.29, 0.717) is 18.8 Å². The second kappa shape index (κ2) is 6.73. The Morgan fingerprint density at radius 1 is 0.950 bits per heavy atom. The van der Waals surface area contributed by atoms with Crippen molar-refractivity contribution >= 4 is 0 Å². The molecule has 0 aromatic rings. The van der Waals surface area contributed by atoms with Crippen LogP contribution in [0.3, 0.4) is 0 Å². The minimum absolute atomic E-state index is 0.0601. The fraction of sp³-hybridized carbons (Fsp3) is 1.00. The molecule has 0 aliphatic carbocycles. The van der Waals surface area contributed by atoms with Crippen molar-refractivity contribution in [2.75, 3.05) is 26.4 Å². The van der Waals surface area contributed by atoms with E-state index >= 15 is 0 Å². The molecule has 0 N–H and O–H groups in total. The number of hydrogen-bond acceptors (Lipinski definition) is 4. The van der Waals surface area contributed by atoms with Gasteiger partial charge >= 0.3 is 0 Å². The molecule has 118 valence electrons. The summed E-state index contributed by atoms with van der Waals surface area (Å²) in [5.41, 5.74) is -0.161. The van der Waals surface area contributed by atoms with E-state index < -0.39 is 0 Å². The molecule has 0 amide bonds. The van der Waals surface area contributed by atoms with E-state index in [1.165, 1.54) is 0 Å². The summed E-state index contributed by atoms with van der Waals surface area (Å²) in [5.74, 6) is 0. The molecular formula is C16H30O4. The van der Waals surface area contributed by atoms with Crippen molar-refractivity contribution in [3.63, 3.8) is 0 Å². The molecule has 4 unspecified atom stereocenters. The van der Waals surface area contributed by atoms with E-state index in [2.05, 4.69) is 27.7 Å². The first-order valence-corrected chi connectivity index (χ1v) is 8.00. The van der Waals surface area contributed by atoms with E-state index in [4.69, 9.17) is 18.9 Å². The first kappa shape index (κ1) is 16.2. The zero-order valence-electron chi connectivity index (χ0n) is 13.4. The van der Waals surface area contributed by atoms with E-state index in [1.807, 2.05) is 0 Å². The quantitative estimate of drug-likeness (QED) is 0.548. The molecule has 0 aromatic heterocycles. The van der Waals surface area contributed by atoms with Crippen LogP contribution in [0.4, 0.5) is 0 Å². The first-order valence-electron chi connectivity index (χ1n) is 8.00. The van der Waals surface area contributed by atoms with Crippen molar-refractivity contribution in [1.82, 2.24) is 0 Å². The number of ether oxygens (including phenoxy) is 4. The van der Waals surface area contributed by atoms with Gasteiger partial charge in [0.2, 0.25) is 0 Å². The molecule has 2 rings (SSSR count). The summed E-state index contributed by atoms with van der Waals surface area (Å²) in [7, 11) is 0. The number of rotatable bonds is 11. The van der Waals surface area contributed by atoms with Crippen LogP contribution < -0.4 is 0 Å². The lowest BCUT2D eigenvalue weighted by molar-refractivity contribution is -0.0939. The van der Waals surface area contributed by atoms with Crippen LogP contribution in [0.25, 0.3) is 0 Å². The third kappa shape index (κ3) is 5.32. The Hall–Kier alpha value is -0.160. The summed E-state index contributed by atoms with van der Waals surface area (Å²) in [6.45, 7) is 11.9. The molecular weight excluding hydrogens is 256 g/mol. The van der Waals surface area contributed by atoms with Gasteiger partial charge in [0.15, 0.2) is 0 Å². The third-order valence-electron chi connectivity index (χ3n) is 4.66. The normalized spacial score (nSPS) is 30.6. The predicted molar refractivity (Wildman–Crippen MR) is 78.0 cm³/mol. The molecule has 0 spiro atoms. The maximum absolute atomic E-state index is 6.16. The topological polar surface area (TPSA) is 43.5 Å². The molecule has 4 atom stereocenters. The van der Waals surface area contributed by atoms with Crippen molar-refractivity contribution in [3.8, 4) is 0 Å². The summed E-state index contributed by atoms with van der Waals surface area (Å²) >= 11 is 0. The van der Waals surface area contributed by atoms with Gasteiger partial charge in [-0.25, -0.2) is 0 Å². The van der Waals surface area contributed by atoms with Gasteiger partial charge in [0, 0.05) is 6.42 Å². The smallest absolute Gasteiger partial charge is 0.104 e. The first-order chi connectivity index (χ1) is 9.49. The van der Waals surface area contributed by atoms with Gasteiger partial charge in [-0.3, -0.25) is 0 Å². The van der Waals surface area contributed by atoms with Crippen LogP contribution >= 0.6 is 0 Å². The van der Waals surface area contributed by atoms with Gasteiger partial charge in [0.25, 0.3) is 0 Å². The average Bonchev–Trinajstić information content (AvgIpc) is 3.31. The predicted octanol–water partition coefficient (Wildman–Crippen LogP) is 2.93. The van der Waals surface area contributed by atoms with Crippen LogP contribution in [-0.2, 0) is 18.9 Å². The molecule has 0 saturated carbocycles. The summed E-state index contributed by atoms with van der Waals surface area (Å²) in [5, 5.41) is 0. The molecule has 2 aliphatic heterocycles. The van der Waals surface area contributed by atoms with Gasteiger partial charge in [-0.05, 0) is 33.1 Å². The van der Waals surface area contributed by atoms with Gasteiger partial charge in [-0.1, -0.05) is 13.8 Å².